The molecule has 0 N–H and O–H groups in total. The molecular weight excluding hydrogens is 224 g/mol. The van der Waals surface area contributed by atoms with E-state index in [9.17, 15) is 0 Å². The lowest BCUT2D eigenvalue weighted by Gasteiger charge is -2.29. The number of piperidine rings is 1. The highest BCUT2D eigenvalue weighted by molar-refractivity contribution is 5.43. The van der Waals surface area contributed by atoms with Gasteiger partial charge < -0.3 is 9.80 Å². The maximum absolute atomic E-state index is 4.61. The zero-order valence-electron chi connectivity index (χ0n) is 11.2. The number of anilines is 2. The van der Waals surface area contributed by atoms with Crippen LogP contribution in [0.15, 0.2) is 23.4 Å². The predicted octanol–water partition coefficient (Wildman–Crippen LogP) is 2.23. The Hall–Kier alpha value is -1.58. The van der Waals surface area contributed by atoms with Crippen molar-refractivity contribution in [2.45, 2.75) is 25.7 Å². The predicted molar refractivity (Wildman–Crippen MR) is 74.1 cm³/mol. The standard InChI is InChI=1S/C14H20N4/c1-17(2)13-5-8-15-14(16-13)18-9-6-12(7-10-18)11-3-4-11/h5,8H,3-4,6-7,9-10H2,1-2H3. The van der Waals surface area contributed by atoms with E-state index in [0.29, 0.717) is 0 Å². The second kappa shape index (κ2) is 4.59. The van der Waals surface area contributed by atoms with Crippen LogP contribution in [0, 0.1) is 0 Å². The van der Waals surface area contributed by atoms with Crippen molar-refractivity contribution in [2.75, 3.05) is 37.0 Å². The number of hydrogen-bond donors (Lipinski definition) is 0. The number of aromatic nitrogens is 2. The summed E-state index contributed by atoms with van der Waals surface area (Å²) < 4.78 is 0. The fourth-order valence-electron chi connectivity index (χ4n) is 2.49. The van der Waals surface area contributed by atoms with Gasteiger partial charge in [0.25, 0.3) is 0 Å². The molecule has 0 unspecified atom stereocenters. The zero-order chi connectivity index (χ0) is 12.5. The fraction of sp³-hybridized carbons (Fsp3) is 0.571. The van der Waals surface area contributed by atoms with Crippen molar-refractivity contribution in [1.82, 2.24) is 9.97 Å². The first-order valence-corrected chi connectivity index (χ1v) is 6.69. The van der Waals surface area contributed by atoms with E-state index in [4.69, 9.17) is 0 Å². The first-order chi connectivity index (χ1) is 8.74. The van der Waals surface area contributed by atoms with E-state index in [-0.39, 0.29) is 0 Å². The average molecular weight is 244 g/mol. The SMILES string of the molecule is CN(C)c1ccnc(N2CCC(=C3CC3)CC2)n1. The molecule has 0 atom stereocenters. The summed E-state index contributed by atoms with van der Waals surface area (Å²) >= 11 is 0. The Bertz CT molecular complexity index is 462. The van der Waals surface area contributed by atoms with E-state index in [1.54, 1.807) is 11.1 Å². The summed E-state index contributed by atoms with van der Waals surface area (Å²) in [4.78, 5) is 13.3. The fourth-order valence-corrected chi connectivity index (χ4v) is 2.49. The molecule has 1 saturated carbocycles. The molecule has 18 heavy (non-hydrogen) atoms. The van der Waals surface area contributed by atoms with Crippen molar-refractivity contribution in [2.24, 2.45) is 0 Å². The van der Waals surface area contributed by atoms with E-state index >= 15 is 0 Å². The third-order valence-electron chi connectivity index (χ3n) is 3.74. The van der Waals surface area contributed by atoms with Crippen LogP contribution in [0.5, 0.6) is 0 Å². The van der Waals surface area contributed by atoms with Gasteiger partial charge in [0, 0.05) is 33.4 Å². The van der Waals surface area contributed by atoms with Crippen LogP contribution < -0.4 is 9.80 Å². The average Bonchev–Trinajstić information content (AvgIpc) is 3.23. The minimum Gasteiger partial charge on any atom is -0.363 e. The third-order valence-corrected chi connectivity index (χ3v) is 3.74. The van der Waals surface area contributed by atoms with Gasteiger partial charge in [-0.25, -0.2) is 4.98 Å². The number of nitrogens with zero attached hydrogens (tertiary/aromatic N) is 4. The van der Waals surface area contributed by atoms with Crippen LogP contribution in [0.25, 0.3) is 0 Å². The van der Waals surface area contributed by atoms with Gasteiger partial charge in [-0.1, -0.05) is 11.1 Å². The molecule has 1 aromatic heterocycles. The van der Waals surface area contributed by atoms with Gasteiger partial charge in [-0.3, -0.25) is 0 Å². The maximum Gasteiger partial charge on any atom is 0.227 e. The highest BCUT2D eigenvalue weighted by Crippen LogP contribution is 2.36. The van der Waals surface area contributed by atoms with Crippen LogP contribution in [-0.2, 0) is 0 Å². The molecule has 4 heteroatoms. The molecule has 0 bridgehead atoms. The molecule has 1 saturated heterocycles. The number of rotatable bonds is 2. The van der Waals surface area contributed by atoms with E-state index < -0.39 is 0 Å². The van der Waals surface area contributed by atoms with Gasteiger partial charge in [0.1, 0.15) is 5.82 Å². The molecule has 1 aliphatic heterocycles. The van der Waals surface area contributed by atoms with Crippen molar-refractivity contribution in [3.8, 4) is 0 Å². The Labute approximate surface area is 108 Å². The smallest absolute Gasteiger partial charge is 0.227 e. The highest BCUT2D eigenvalue weighted by atomic mass is 15.3. The molecule has 0 aromatic carbocycles. The summed E-state index contributed by atoms with van der Waals surface area (Å²) in [6, 6.07) is 1.95. The van der Waals surface area contributed by atoms with Crippen molar-refractivity contribution < 1.29 is 0 Å². The number of hydrogen-bond acceptors (Lipinski definition) is 4. The van der Waals surface area contributed by atoms with Gasteiger partial charge in [-0.05, 0) is 31.7 Å². The van der Waals surface area contributed by atoms with Crippen LogP contribution >= 0.6 is 0 Å². The normalized spacial score (nSPS) is 19.1. The van der Waals surface area contributed by atoms with Gasteiger partial charge in [0.15, 0.2) is 0 Å². The quantitative estimate of drug-likeness (QED) is 0.747. The summed E-state index contributed by atoms with van der Waals surface area (Å²) in [5, 5.41) is 0. The molecule has 4 nitrogen and oxygen atoms in total. The summed E-state index contributed by atoms with van der Waals surface area (Å²) in [5.41, 5.74) is 3.42. The minimum absolute atomic E-state index is 0.876. The molecule has 2 heterocycles. The first kappa shape index (κ1) is 11.5. The third kappa shape index (κ3) is 2.33. The highest BCUT2D eigenvalue weighted by Gasteiger charge is 2.23. The van der Waals surface area contributed by atoms with Gasteiger partial charge >= 0.3 is 0 Å². The van der Waals surface area contributed by atoms with Crippen LogP contribution in [0.1, 0.15) is 25.7 Å². The van der Waals surface area contributed by atoms with Crippen molar-refractivity contribution >= 4 is 11.8 Å². The molecule has 3 rings (SSSR count). The van der Waals surface area contributed by atoms with Crippen LogP contribution in [0.4, 0.5) is 11.8 Å². The van der Waals surface area contributed by atoms with E-state index in [2.05, 4.69) is 14.9 Å². The monoisotopic (exact) mass is 244 g/mol. The van der Waals surface area contributed by atoms with Crippen molar-refractivity contribution in [3.05, 3.63) is 23.4 Å². The Morgan fingerprint density at radius 2 is 1.72 bits per heavy atom. The van der Waals surface area contributed by atoms with E-state index in [1.165, 1.54) is 25.7 Å². The maximum atomic E-state index is 4.61. The number of allylic oxidation sites excluding steroid dienone is 1. The molecule has 0 spiro atoms. The van der Waals surface area contributed by atoms with Crippen LogP contribution in [0.3, 0.4) is 0 Å². The Balaban J connectivity index is 1.72. The second-order valence-corrected chi connectivity index (χ2v) is 5.30. The lowest BCUT2D eigenvalue weighted by atomic mass is 10.0. The molecule has 1 aromatic rings. The van der Waals surface area contributed by atoms with Crippen LogP contribution in [-0.4, -0.2) is 37.2 Å². The Morgan fingerprint density at radius 1 is 1.06 bits per heavy atom. The van der Waals surface area contributed by atoms with E-state index in [1.807, 2.05) is 31.3 Å². The zero-order valence-corrected chi connectivity index (χ0v) is 11.2. The Morgan fingerprint density at radius 3 is 2.33 bits per heavy atom. The Kier molecular flexibility index (Phi) is 2.94. The lowest BCUT2D eigenvalue weighted by Crippen LogP contribution is -2.32. The van der Waals surface area contributed by atoms with E-state index in [0.717, 1.165) is 24.9 Å². The first-order valence-electron chi connectivity index (χ1n) is 6.69. The minimum atomic E-state index is 0.876. The molecule has 0 amide bonds. The molecule has 2 aliphatic rings. The van der Waals surface area contributed by atoms with Gasteiger partial charge in [0.2, 0.25) is 5.95 Å². The second-order valence-electron chi connectivity index (χ2n) is 5.30. The lowest BCUT2D eigenvalue weighted by molar-refractivity contribution is 0.664. The molecule has 96 valence electrons. The molecule has 2 fully saturated rings. The molecule has 0 radical (unpaired) electrons. The summed E-state index contributed by atoms with van der Waals surface area (Å²) in [6.45, 7) is 2.13. The van der Waals surface area contributed by atoms with Crippen LogP contribution in [0.2, 0.25) is 0 Å². The van der Waals surface area contributed by atoms with Crippen molar-refractivity contribution in [1.29, 1.82) is 0 Å². The van der Waals surface area contributed by atoms with Gasteiger partial charge in [-0.2, -0.15) is 4.98 Å². The molecule has 1 aliphatic carbocycles. The van der Waals surface area contributed by atoms with Gasteiger partial charge in [0.05, 0.1) is 0 Å². The summed E-state index contributed by atoms with van der Waals surface area (Å²) in [6.07, 6.45) is 6.95. The largest absolute Gasteiger partial charge is 0.363 e. The van der Waals surface area contributed by atoms with Crippen molar-refractivity contribution in [3.63, 3.8) is 0 Å². The molecular formula is C14H20N4. The topological polar surface area (TPSA) is 32.3 Å². The van der Waals surface area contributed by atoms with Gasteiger partial charge in [-0.15, -0.1) is 0 Å². The summed E-state index contributed by atoms with van der Waals surface area (Å²) in [5.74, 6) is 1.85. The summed E-state index contributed by atoms with van der Waals surface area (Å²) in [7, 11) is 4.02.